The molecule has 0 aliphatic carbocycles. The second kappa shape index (κ2) is 7.15. The zero-order valence-corrected chi connectivity index (χ0v) is 15.1. The molecule has 1 aromatic heterocycles. The summed E-state index contributed by atoms with van der Waals surface area (Å²) < 4.78 is 5.27. The fourth-order valence-electron chi connectivity index (χ4n) is 4.23. The molecule has 3 heterocycles. The molecule has 2 fully saturated rings. The summed E-state index contributed by atoms with van der Waals surface area (Å²) in [6.07, 6.45) is 5.42. The first kappa shape index (κ1) is 17.7. The predicted molar refractivity (Wildman–Crippen MR) is 97.8 cm³/mol. The molecule has 0 unspecified atom stereocenters. The Morgan fingerprint density at radius 3 is 2.74 bits per heavy atom. The first-order valence-electron chi connectivity index (χ1n) is 9.31. The number of aromatic nitrogens is 1. The molecule has 7 nitrogen and oxygen atoms in total. The van der Waals surface area contributed by atoms with Gasteiger partial charge in [-0.05, 0) is 31.4 Å². The first-order chi connectivity index (χ1) is 13.1. The lowest BCUT2D eigenvalue weighted by Crippen LogP contribution is -2.51. The van der Waals surface area contributed by atoms with Gasteiger partial charge in [0, 0.05) is 37.3 Å². The Labute approximate surface area is 157 Å². The molecule has 7 heteroatoms. The molecule has 1 aromatic carbocycles. The van der Waals surface area contributed by atoms with Gasteiger partial charge in [0.25, 0.3) is 5.91 Å². The normalized spacial score (nSPS) is 22.6. The van der Waals surface area contributed by atoms with E-state index in [1.807, 2.05) is 12.1 Å². The fraction of sp³-hybridized carbons (Fsp3) is 0.450. The van der Waals surface area contributed by atoms with Crippen molar-refractivity contribution in [3.05, 3.63) is 42.4 Å². The van der Waals surface area contributed by atoms with Gasteiger partial charge in [-0.3, -0.25) is 9.59 Å². The Kier molecular flexibility index (Phi) is 4.70. The van der Waals surface area contributed by atoms with Crippen molar-refractivity contribution < 1.29 is 19.1 Å². The summed E-state index contributed by atoms with van der Waals surface area (Å²) in [5.74, 6) is 0.688. The zero-order valence-electron chi connectivity index (χ0n) is 15.1. The van der Waals surface area contributed by atoms with E-state index < -0.39 is 5.41 Å². The SMILES string of the molecule is O=C(c1ccc(-c2cnco2)cc1)N1CC[C@@]2(CCCN(CCO)C2=O)C1. The van der Waals surface area contributed by atoms with Crippen molar-refractivity contribution >= 4 is 11.8 Å². The Morgan fingerprint density at radius 2 is 2.04 bits per heavy atom. The van der Waals surface area contributed by atoms with Crippen LogP contribution in [0.1, 0.15) is 29.6 Å². The molecule has 1 atom stereocenters. The summed E-state index contributed by atoms with van der Waals surface area (Å²) >= 11 is 0. The van der Waals surface area contributed by atoms with E-state index in [1.165, 1.54) is 6.39 Å². The number of aliphatic hydroxyl groups is 1. The van der Waals surface area contributed by atoms with Gasteiger partial charge in [-0.15, -0.1) is 0 Å². The number of rotatable bonds is 4. The van der Waals surface area contributed by atoms with Crippen LogP contribution in [0.5, 0.6) is 0 Å². The molecule has 0 bridgehead atoms. The van der Waals surface area contributed by atoms with E-state index in [-0.39, 0.29) is 18.4 Å². The van der Waals surface area contributed by atoms with Crippen LogP contribution in [0, 0.1) is 5.41 Å². The molecule has 2 aromatic rings. The molecule has 2 aliphatic heterocycles. The van der Waals surface area contributed by atoms with Crippen LogP contribution in [0.2, 0.25) is 0 Å². The van der Waals surface area contributed by atoms with Crippen molar-refractivity contribution in [3.63, 3.8) is 0 Å². The highest BCUT2D eigenvalue weighted by Gasteiger charge is 2.49. The summed E-state index contributed by atoms with van der Waals surface area (Å²) in [5.41, 5.74) is 0.984. The minimum atomic E-state index is -0.483. The van der Waals surface area contributed by atoms with E-state index in [0.717, 1.165) is 18.4 Å². The second-order valence-corrected chi connectivity index (χ2v) is 7.32. The highest BCUT2D eigenvalue weighted by molar-refractivity contribution is 5.96. The van der Waals surface area contributed by atoms with Crippen molar-refractivity contribution in [1.29, 1.82) is 0 Å². The largest absolute Gasteiger partial charge is 0.444 e. The molecule has 4 rings (SSSR count). The number of benzene rings is 1. The summed E-state index contributed by atoms with van der Waals surface area (Å²) in [6, 6.07) is 7.25. The monoisotopic (exact) mass is 369 g/mol. The van der Waals surface area contributed by atoms with E-state index in [1.54, 1.807) is 28.1 Å². The van der Waals surface area contributed by atoms with Crippen LogP contribution in [-0.2, 0) is 4.79 Å². The third-order valence-electron chi connectivity index (χ3n) is 5.68. The molecule has 2 aliphatic rings. The van der Waals surface area contributed by atoms with Gasteiger partial charge in [0.15, 0.2) is 12.2 Å². The van der Waals surface area contributed by atoms with E-state index >= 15 is 0 Å². The van der Waals surface area contributed by atoms with Crippen LogP contribution in [0.15, 0.2) is 41.3 Å². The van der Waals surface area contributed by atoms with Gasteiger partial charge >= 0.3 is 0 Å². The van der Waals surface area contributed by atoms with Crippen molar-refractivity contribution in [2.24, 2.45) is 5.41 Å². The molecule has 1 N–H and O–H groups in total. The Hall–Kier alpha value is -2.67. The van der Waals surface area contributed by atoms with Crippen LogP contribution < -0.4 is 0 Å². The zero-order chi connectivity index (χ0) is 18.9. The standard InChI is InChI=1S/C20H23N3O4/c24-11-10-22-8-1-6-20(19(22)26)7-9-23(13-20)18(25)16-4-2-15(3-5-16)17-12-21-14-27-17/h2-5,12,14,24H,1,6-11,13H2/t20-/m0/s1. The summed E-state index contributed by atoms with van der Waals surface area (Å²) in [4.78, 5) is 33.2. The lowest BCUT2D eigenvalue weighted by atomic mass is 9.78. The van der Waals surface area contributed by atoms with Gasteiger partial charge in [0.2, 0.25) is 5.91 Å². The van der Waals surface area contributed by atoms with Gasteiger partial charge < -0.3 is 19.3 Å². The van der Waals surface area contributed by atoms with Gasteiger partial charge in [0.1, 0.15) is 0 Å². The number of carbonyl (C=O) groups excluding carboxylic acids is 2. The molecular weight excluding hydrogens is 346 g/mol. The highest BCUT2D eigenvalue weighted by Crippen LogP contribution is 2.40. The number of amides is 2. The van der Waals surface area contributed by atoms with E-state index in [4.69, 9.17) is 4.42 Å². The number of nitrogens with zero attached hydrogens (tertiary/aromatic N) is 3. The van der Waals surface area contributed by atoms with Gasteiger partial charge in [0.05, 0.1) is 18.2 Å². The first-order valence-corrected chi connectivity index (χ1v) is 9.31. The van der Waals surface area contributed by atoms with Crippen molar-refractivity contribution in [3.8, 4) is 11.3 Å². The molecular formula is C20H23N3O4. The van der Waals surface area contributed by atoms with Gasteiger partial charge in [-0.2, -0.15) is 0 Å². The third-order valence-corrected chi connectivity index (χ3v) is 5.68. The Bertz CT molecular complexity index is 816. The Balaban J connectivity index is 1.47. The lowest BCUT2D eigenvalue weighted by molar-refractivity contribution is -0.146. The Morgan fingerprint density at radius 1 is 1.22 bits per heavy atom. The number of hydrogen-bond acceptors (Lipinski definition) is 5. The molecule has 27 heavy (non-hydrogen) atoms. The van der Waals surface area contributed by atoms with E-state index in [0.29, 0.717) is 43.9 Å². The summed E-state index contributed by atoms with van der Waals surface area (Å²) in [6.45, 7) is 2.08. The molecule has 1 spiro atoms. The van der Waals surface area contributed by atoms with Crippen LogP contribution in [-0.4, -0.2) is 64.5 Å². The average Bonchev–Trinajstić information content (AvgIpc) is 3.37. The average molecular weight is 369 g/mol. The number of oxazole rings is 1. The maximum Gasteiger partial charge on any atom is 0.253 e. The van der Waals surface area contributed by atoms with Crippen LogP contribution in [0.4, 0.5) is 0 Å². The van der Waals surface area contributed by atoms with Gasteiger partial charge in [-0.1, -0.05) is 12.1 Å². The fourth-order valence-corrected chi connectivity index (χ4v) is 4.23. The summed E-state index contributed by atoms with van der Waals surface area (Å²) in [7, 11) is 0. The highest BCUT2D eigenvalue weighted by atomic mass is 16.3. The topological polar surface area (TPSA) is 86.9 Å². The minimum absolute atomic E-state index is 0.0258. The van der Waals surface area contributed by atoms with Gasteiger partial charge in [-0.25, -0.2) is 4.98 Å². The quantitative estimate of drug-likeness (QED) is 0.888. The van der Waals surface area contributed by atoms with Crippen molar-refractivity contribution in [2.45, 2.75) is 19.3 Å². The molecule has 0 saturated carbocycles. The summed E-state index contributed by atoms with van der Waals surface area (Å²) in [5, 5.41) is 9.18. The van der Waals surface area contributed by atoms with Crippen molar-refractivity contribution in [1.82, 2.24) is 14.8 Å². The number of β-amino-alcohol motifs (C(OH)–C–C–N with tert-alkyl or cyclic N) is 1. The minimum Gasteiger partial charge on any atom is -0.444 e. The molecule has 2 saturated heterocycles. The van der Waals surface area contributed by atoms with E-state index in [2.05, 4.69) is 4.98 Å². The lowest BCUT2D eigenvalue weighted by Gasteiger charge is -2.39. The third kappa shape index (κ3) is 3.23. The molecule has 0 radical (unpaired) electrons. The van der Waals surface area contributed by atoms with E-state index in [9.17, 15) is 14.7 Å². The predicted octanol–water partition coefficient (Wildman–Crippen LogP) is 1.79. The number of piperidine rings is 1. The van der Waals surface area contributed by atoms with Crippen molar-refractivity contribution in [2.75, 3.05) is 32.8 Å². The van der Waals surface area contributed by atoms with Crippen LogP contribution in [0.3, 0.4) is 0 Å². The number of hydrogen-bond donors (Lipinski definition) is 1. The maximum absolute atomic E-state index is 12.9. The maximum atomic E-state index is 12.9. The number of aliphatic hydroxyl groups excluding tert-OH is 1. The molecule has 2 amide bonds. The number of carbonyl (C=O) groups is 2. The van der Waals surface area contributed by atoms with Crippen LogP contribution >= 0.6 is 0 Å². The van der Waals surface area contributed by atoms with Crippen LogP contribution in [0.25, 0.3) is 11.3 Å². The second-order valence-electron chi connectivity index (χ2n) is 7.32. The number of likely N-dealkylation sites (tertiary alicyclic amines) is 2. The smallest absolute Gasteiger partial charge is 0.253 e. The molecule has 142 valence electrons.